The normalized spacial score (nSPS) is 10.7. The summed E-state index contributed by atoms with van der Waals surface area (Å²) in [6, 6.07) is 16.0. The summed E-state index contributed by atoms with van der Waals surface area (Å²) in [5.74, 6) is 2.30. The van der Waals surface area contributed by atoms with Gasteiger partial charge < -0.3 is 24.3 Å². The molecule has 0 radical (unpaired) electrons. The number of nitrogens with one attached hydrogen (secondary N) is 1. The number of rotatable bonds is 11. The average molecular weight is 460 g/mol. The van der Waals surface area contributed by atoms with E-state index in [1.54, 1.807) is 27.4 Å². The Bertz CT molecular complexity index is 1040. The number of halogens is 2. The molecule has 0 unspecified atom stereocenters. The molecule has 170 valence electrons. The van der Waals surface area contributed by atoms with Crippen LogP contribution in [0.4, 0.5) is 4.39 Å². The highest BCUT2D eigenvalue weighted by Crippen LogP contribution is 2.30. The van der Waals surface area contributed by atoms with E-state index in [-0.39, 0.29) is 12.4 Å². The highest BCUT2D eigenvalue weighted by Gasteiger charge is 2.09. The van der Waals surface area contributed by atoms with Crippen LogP contribution in [-0.4, -0.2) is 27.9 Å². The molecule has 3 aromatic carbocycles. The van der Waals surface area contributed by atoms with Gasteiger partial charge in [0.15, 0.2) is 23.0 Å². The minimum atomic E-state index is -0.376. The predicted octanol–water partition coefficient (Wildman–Crippen LogP) is 5.42. The van der Waals surface area contributed by atoms with E-state index in [0.717, 1.165) is 35.6 Å². The van der Waals surface area contributed by atoms with E-state index in [4.69, 9.17) is 30.5 Å². The maximum Gasteiger partial charge on any atom is 0.161 e. The van der Waals surface area contributed by atoms with Gasteiger partial charge in [0, 0.05) is 12.1 Å². The molecule has 0 spiro atoms. The van der Waals surface area contributed by atoms with Crippen molar-refractivity contribution in [3.05, 3.63) is 82.1 Å². The maximum atomic E-state index is 13.2. The zero-order valence-electron chi connectivity index (χ0n) is 18.4. The Morgan fingerprint density at radius 1 is 0.781 bits per heavy atom. The Kier molecular flexibility index (Phi) is 8.59. The lowest BCUT2D eigenvalue weighted by atomic mass is 10.1. The van der Waals surface area contributed by atoms with Gasteiger partial charge in [0.2, 0.25) is 0 Å². The number of hydrogen-bond acceptors (Lipinski definition) is 5. The topological polar surface area (TPSA) is 49.0 Å². The van der Waals surface area contributed by atoms with Crippen LogP contribution in [0.15, 0.2) is 54.6 Å². The largest absolute Gasteiger partial charge is 0.493 e. The van der Waals surface area contributed by atoms with E-state index < -0.39 is 0 Å². The van der Waals surface area contributed by atoms with E-state index in [1.165, 1.54) is 12.1 Å². The SMILES string of the molecule is COc1ccc(CCNCc2ccc(OCc3ccc(F)cc3Cl)c(OC)c2)cc1OC. The molecule has 0 aliphatic heterocycles. The molecule has 0 saturated heterocycles. The Labute approximate surface area is 193 Å². The van der Waals surface area contributed by atoms with Crippen LogP contribution in [0.1, 0.15) is 16.7 Å². The van der Waals surface area contributed by atoms with Gasteiger partial charge in [0.25, 0.3) is 0 Å². The van der Waals surface area contributed by atoms with E-state index >= 15 is 0 Å². The molecule has 0 fully saturated rings. The first-order chi connectivity index (χ1) is 15.5. The molecular formula is C25H27ClFNO4. The summed E-state index contributed by atoms with van der Waals surface area (Å²) in [5, 5.41) is 3.77. The summed E-state index contributed by atoms with van der Waals surface area (Å²) in [6.45, 7) is 1.71. The molecule has 0 aliphatic rings. The van der Waals surface area contributed by atoms with Gasteiger partial charge in [0.1, 0.15) is 12.4 Å². The molecule has 0 atom stereocenters. The number of benzene rings is 3. The van der Waals surface area contributed by atoms with Crippen LogP contribution in [-0.2, 0) is 19.6 Å². The van der Waals surface area contributed by atoms with Crippen LogP contribution in [0.3, 0.4) is 0 Å². The highest BCUT2D eigenvalue weighted by molar-refractivity contribution is 6.31. The summed E-state index contributed by atoms with van der Waals surface area (Å²) in [6.07, 6.45) is 0.858. The van der Waals surface area contributed by atoms with Gasteiger partial charge in [-0.1, -0.05) is 29.8 Å². The smallest absolute Gasteiger partial charge is 0.161 e. The van der Waals surface area contributed by atoms with Crippen molar-refractivity contribution in [3.8, 4) is 23.0 Å². The van der Waals surface area contributed by atoms with Crippen LogP contribution in [0, 0.1) is 5.82 Å². The lowest BCUT2D eigenvalue weighted by Crippen LogP contribution is -2.16. The summed E-state index contributed by atoms with van der Waals surface area (Å²) in [5.41, 5.74) is 2.94. The molecular weight excluding hydrogens is 433 g/mol. The first-order valence-corrected chi connectivity index (χ1v) is 10.6. The van der Waals surface area contributed by atoms with Gasteiger partial charge in [-0.15, -0.1) is 0 Å². The van der Waals surface area contributed by atoms with Crippen molar-refractivity contribution in [2.75, 3.05) is 27.9 Å². The van der Waals surface area contributed by atoms with Crippen LogP contribution in [0.5, 0.6) is 23.0 Å². The van der Waals surface area contributed by atoms with Gasteiger partial charge in [0.05, 0.1) is 26.4 Å². The quantitative estimate of drug-likeness (QED) is 0.388. The maximum absolute atomic E-state index is 13.2. The fourth-order valence-electron chi connectivity index (χ4n) is 3.24. The lowest BCUT2D eigenvalue weighted by molar-refractivity contribution is 0.284. The summed E-state index contributed by atoms with van der Waals surface area (Å²) in [7, 11) is 4.86. The second-order valence-corrected chi connectivity index (χ2v) is 7.53. The molecule has 1 N–H and O–H groups in total. The van der Waals surface area contributed by atoms with Crippen LogP contribution in [0.2, 0.25) is 5.02 Å². The summed E-state index contributed by atoms with van der Waals surface area (Å²) < 4.78 is 35.1. The molecule has 0 amide bonds. The second kappa shape index (κ2) is 11.6. The van der Waals surface area contributed by atoms with Gasteiger partial charge >= 0.3 is 0 Å². The standard InChI is InChI=1S/C25H27ClFNO4/c1-29-22-8-4-17(12-24(22)30-2)10-11-28-15-18-5-9-23(25(13-18)31-3)32-16-19-6-7-20(27)14-21(19)26/h4-9,12-14,28H,10-11,15-16H2,1-3H3. The Hall–Kier alpha value is -2.96. The predicted molar refractivity (Wildman–Crippen MR) is 124 cm³/mol. The number of hydrogen-bond donors (Lipinski definition) is 1. The minimum absolute atomic E-state index is 0.221. The third-order valence-electron chi connectivity index (χ3n) is 4.99. The van der Waals surface area contributed by atoms with Gasteiger partial charge in [-0.2, -0.15) is 0 Å². The third-order valence-corrected chi connectivity index (χ3v) is 5.35. The van der Waals surface area contributed by atoms with Crippen LogP contribution >= 0.6 is 11.6 Å². The molecule has 0 bridgehead atoms. The van der Waals surface area contributed by atoms with Crippen molar-refractivity contribution in [1.82, 2.24) is 5.32 Å². The van der Waals surface area contributed by atoms with Gasteiger partial charge in [-0.05, 0) is 60.5 Å². The molecule has 5 nitrogen and oxygen atoms in total. The molecule has 0 heterocycles. The van der Waals surface area contributed by atoms with Crippen molar-refractivity contribution >= 4 is 11.6 Å². The van der Waals surface area contributed by atoms with Crippen molar-refractivity contribution < 1.29 is 23.3 Å². The average Bonchev–Trinajstić information content (AvgIpc) is 2.81. The van der Waals surface area contributed by atoms with Gasteiger partial charge in [-0.3, -0.25) is 0 Å². The Balaban J connectivity index is 1.53. The lowest BCUT2D eigenvalue weighted by Gasteiger charge is -2.13. The van der Waals surface area contributed by atoms with Crippen LogP contribution in [0.25, 0.3) is 0 Å². The monoisotopic (exact) mass is 459 g/mol. The Morgan fingerprint density at radius 2 is 1.44 bits per heavy atom. The molecule has 7 heteroatoms. The molecule has 32 heavy (non-hydrogen) atoms. The van der Waals surface area contributed by atoms with E-state index in [9.17, 15) is 4.39 Å². The van der Waals surface area contributed by atoms with Crippen molar-refractivity contribution in [2.24, 2.45) is 0 Å². The second-order valence-electron chi connectivity index (χ2n) is 7.13. The molecule has 0 aliphatic carbocycles. The number of methoxy groups -OCH3 is 3. The van der Waals surface area contributed by atoms with E-state index in [0.29, 0.717) is 28.6 Å². The Morgan fingerprint density at radius 3 is 2.16 bits per heavy atom. The van der Waals surface area contributed by atoms with Crippen LogP contribution < -0.4 is 24.3 Å². The molecule has 3 aromatic rings. The first kappa shape index (κ1) is 23.7. The fraction of sp³-hybridized carbons (Fsp3) is 0.280. The first-order valence-electron chi connectivity index (χ1n) is 10.2. The van der Waals surface area contributed by atoms with Gasteiger partial charge in [-0.25, -0.2) is 4.39 Å². The van der Waals surface area contributed by atoms with E-state index in [1.807, 2.05) is 36.4 Å². The highest BCUT2D eigenvalue weighted by atomic mass is 35.5. The fourth-order valence-corrected chi connectivity index (χ4v) is 3.46. The van der Waals surface area contributed by atoms with E-state index in [2.05, 4.69) is 5.32 Å². The summed E-state index contributed by atoms with van der Waals surface area (Å²) in [4.78, 5) is 0. The van der Waals surface area contributed by atoms with Crippen molar-refractivity contribution in [3.63, 3.8) is 0 Å². The third kappa shape index (κ3) is 6.28. The minimum Gasteiger partial charge on any atom is -0.493 e. The van der Waals surface area contributed by atoms with Crippen molar-refractivity contribution in [2.45, 2.75) is 19.6 Å². The molecule has 0 aromatic heterocycles. The number of ether oxygens (including phenoxy) is 4. The molecule has 0 saturated carbocycles. The molecule has 3 rings (SSSR count). The summed E-state index contributed by atoms with van der Waals surface area (Å²) >= 11 is 6.07. The zero-order valence-corrected chi connectivity index (χ0v) is 19.2. The zero-order chi connectivity index (χ0) is 22.9. The van der Waals surface area contributed by atoms with Crippen molar-refractivity contribution in [1.29, 1.82) is 0 Å².